The van der Waals surface area contributed by atoms with Crippen LogP contribution in [0, 0.1) is 22.7 Å². The molecule has 1 unspecified atom stereocenters. The van der Waals surface area contributed by atoms with Gasteiger partial charge in [-0.2, -0.15) is 5.26 Å². The van der Waals surface area contributed by atoms with Crippen LogP contribution in [0.2, 0.25) is 0 Å². The number of rotatable bonds is 5. The van der Waals surface area contributed by atoms with Gasteiger partial charge in [-0.05, 0) is 35.4 Å². The highest BCUT2D eigenvalue weighted by Crippen LogP contribution is 2.51. The molecule has 1 aliphatic rings. The van der Waals surface area contributed by atoms with Crippen molar-refractivity contribution < 1.29 is 8.42 Å². The maximum atomic E-state index is 11.9. The number of nitriles is 1. The normalized spacial score (nSPS) is 20.8. The average molecular weight is 278 g/mol. The predicted octanol–water partition coefficient (Wildman–Crippen LogP) is 2.02. The summed E-state index contributed by atoms with van der Waals surface area (Å²) in [5.74, 6) is 0.412. The zero-order chi connectivity index (χ0) is 14.1. The molecule has 0 bridgehead atoms. The lowest BCUT2D eigenvalue weighted by molar-refractivity contribution is 0.537. The molecule has 2 rings (SSSR count). The Morgan fingerprint density at radius 1 is 1.37 bits per heavy atom. The minimum atomic E-state index is -3.29. The highest BCUT2D eigenvalue weighted by molar-refractivity contribution is 7.88. The first-order chi connectivity index (χ1) is 8.82. The molecule has 1 saturated carbocycles. The van der Waals surface area contributed by atoms with Crippen molar-refractivity contribution in [3.8, 4) is 6.07 Å². The van der Waals surface area contributed by atoms with Gasteiger partial charge in [-0.3, -0.25) is 0 Å². The summed E-state index contributed by atoms with van der Waals surface area (Å²) in [7, 11) is -3.29. The first kappa shape index (κ1) is 14.0. The zero-order valence-corrected chi connectivity index (χ0v) is 12.0. The molecule has 0 heterocycles. The van der Waals surface area contributed by atoms with E-state index in [1.165, 1.54) is 0 Å². The maximum Gasteiger partial charge on any atom is 0.215 e. The Balaban J connectivity index is 1.91. The molecule has 0 aromatic heterocycles. The van der Waals surface area contributed by atoms with Crippen LogP contribution >= 0.6 is 0 Å². The van der Waals surface area contributed by atoms with Crippen LogP contribution in [-0.2, 0) is 15.8 Å². The third-order valence-electron chi connectivity index (χ3n) is 3.71. The summed E-state index contributed by atoms with van der Waals surface area (Å²) in [6.45, 7) is 4.81. The van der Waals surface area contributed by atoms with Gasteiger partial charge in [0, 0.05) is 6.54 Å². The van der Waals surface area contributed by atoms with Crippen LogP contribution in [0.5, 0.6) is 0 Å². The van der Waals surface area contributed by atoms with E-state index in [4.69, 9.17) is 5.26 Å². The number of hydrogen-bond donors (Lipinski definition) is 1. The fraction of sp³-hybridized carbons (Fsp3) is 0.500. The topological polar surface area (TPSA) is 70.0 Å². The van der Waals surface area contributed by atoms with Gasteiger partial charge in [0.25, 0.3) is 0 Å². The zero-order valence-electron chi connectivity index (χ0n) is 11.2. The van der Waals surface area contributed by atoms with E-state index in [9.17, 15) is 8.42 Å². The fourth-order valence-corrected chi connectivity index (χ4v) is 3.29. The Labute approximate surface area is 114 Å². The van der Waals surface area contributed by atoms with E-state index >= 15 is 0 Å². The molecule has 0 spiro atoms. The molecule has 1 fully saturated rings. The van der Waals surface area contributed by atoms with Gasteiger partial charge in [0.15, 0.2) is 0 Å². The fourth-order valence-electron chi connectivity index (χ4n) is 2.10. The van der Waals surface area contributed by atoms with Crippen LogP contribution in [0.15, 0.2) is 24.3 Å². The van der Waals surface area contributed by atoms with Gasteiger partial charge >= 0.3 is 0 Å². The first-order valence-electron chi connectivity index (χ1n) is 6.29. The number of hydrogen-bond acceptors (Lipinski definition) is 3. The summed E-state index contributed by atoms with van der Waals surface area (Å²) < 4.78 is 26.5. The van der Waals surface area contributed by atoms with Crippen molar-refractivity contribution in [2.45, 2.75) is 26.0 Å². The molecule has 1 aromatic carbocycles. The van der Waals surface area contributed by atoms with E-state index in [0.29, 0.717) is 23.6 Å². The Kier molecular flexibility index (Phi) is 3.66. The predicted molar refractivity (Wildman–Crippen MR) is 73.7 cm³/mol. The van der Waals surface area contributed by atoms with Gasteiger partial charge in [-0.15, -0.1) is 0 Å². The summed E-state index contributed by atoms with van der Waals surface area (Å²) in [5.41, 5.74) is 1.51. The molecular formula is C14H18N2O2S. The van der Waals surface area contributed by atoms with Crippen molar-refractivity contribution in [2.24, 2.45) is 11.3 Å². The molecule has 0 saturated heterocycles. The van der Waals surface area contributed by atoms with Crippen LogP contribution < -0.4 is 4.72 Å². The molecule has 1 aromatic rings. The summed E-state index contributed by atoms with van der Waals surface area (Å²) >= 11 is 0. The van der Waals surface area contributed by atoms with Crippen LogP contribution in [-0.4, -0.2) is 15.0 Å². The number of benzene rings is 1. The van der Waals surface area contributed by atoms with Gasteiger partial charge in [-0.1, -0.05) is 26.0 Å². The molecule has 5 heteroatoms. The second-order valence-corrected chi connectivity index (χ2v) is 7.61. The quantitative estimate of drug-likeness (QED) is 0.895. The van der Waals surface area contributed by atoms with Crippen molar-refractivity contribution in [3.05, 3.63) is 35.4 Å². The molecule has 19 heavy (non-hydrogen) atoms. The standard InChI is InChI=1S/C14H18N2O2S/c1-14(2)7-13(14)9-16-19(17,18)10-12-5-3-11(8-15)4-6-12/h3-6,13,16H,7,9-10H2,1-2H3. The van der Waals surface area contributed by atoms with E-state index in [1.54, 1.807) is 24.3 Å². The van der Waals surface area contributed by atoms with Crippen LogP contribution in [0.4, 0.5) is 0 Å². The minimum absolute atomic E-state index is 0.0359. The van der Waals surface area contributed by atoms with Crippen molar-refractivity contribution in [3.63, 3.8) is 0 Å². The summed E-state index contributed by atoms with van der Waals surface area (Å²) in [4.78, 5) is 0. The third-order valence-corrected chi connectivity index (χ3v) is 5.03. The van der Waals surface area contributed by atoms with E-state index in [1.807, 2.05) is 6.07 Å². The first-order valence-corrected chi connectivity index (χ1v) is 7.94. The maximum absolute atomic E-state index is 11.9. The van der Waals surface area contributed by atoms with Gasteiger partial charge < -0.3 is 0 Å². The van der Waals surface area contributed by atoms with Gasteiger partial charge in [0.2, 0.25) is 10.0 Å². The lowest BCUT2D eigenvalue weighted by Crippen LogP contribution is -2.28. The summed E-state index contributed by atoms with van der Waals surface area (Å²) in [6, 6.07) is 8.64. The van der Waals surface area contributed by atoms with Crippen molar-refractivity contribution in [1.29, 1.82) is 5.26 Å². The molecule has 1 atom stereocenters. The van der Waals surface area contributed by atoms with Crippen molar-refractivity contribution in [2.75, 3.05) is 6.54 Å². The second kappa shape index (κ2) is 4.95. The molecule has 1 aliphatic carbocycles. The third kappa shape index (κ3) is 3.79. The van der Waals surface area contributed by atoms with E-state index < -0.39 is 10.0 Å². The Morgan fingerprint density at radius 2 is 1.95 bits per heavy atom. The molecular weight excluding hydrogens is 260 g/mol. The van der Waals surface area contributed by atoms with Crippen LogP contribution in [0.3, 0.4) is 0 Å². The lowest BCUT2D eigenvalue weighted by Gasteiger charge is -2.08. The number of nitrogens with one attached hydrogen (secondary N) is 1. The van der Waals surface area contributed by atoms with Crippen LogP contribution in [0.1, 0.15) is 31.4 Å². The van der Waals surface area contributed by atoms with E-state index in [0.717, 1.165) is 6.42 Å². The molecule has 4 nitrogen and oxygen atoms in total. The lowest BCUT2D eigenvalue weighted by atomic mass is 10.1. The number of sulfonamides is 1. The van der Waals surface area contributed by atoms with Crippen molar-refractivity contribution in [1.82, 2.24) is 4.72 Å². The van der Waals surface area contributed by atoms with Gasteiger partial charge in [0.1, 0.15) is 0 Å². The van der Waals surface area contributed by atoms with Crippen molar-refractivity contribution >= 4 is 10.0 Å². The Morgan fingerprint density at radius 3 is 2.42 bits per heavy atom. The largest absolute Gasteiger partial charge is 0.215 e. The number of nitrogens with zero attached hydrogens (tertiary/aromatic N) is 1. The Bertz CT molecular complexity index is 597. The molecule has 0 aliphatic heterocycles. The minimum Gasteiger partial charge on any atom is -0.215 e. The molecule has 0 radical (unpaired) electrons. The van der Waals surface area contributed by atoms with E-state index in [2.05, 4.69) is 18.6 Å². The highest BCUT2D eigenvalue weighted by Gasteiger charge is 2.45. The second-order valence-electron chi connectivity index (χ2n) is 5.81. The Hall–Kier alpha value is -1.38. The summed E-state index contributed by atoms with van der Waals surface area (Å²) in [5, 5.41) is 8.68. The molecule has 1 N–H and O–H groups in total. The van der Waals surface area contributed by atoms with Crippen LogP contribution in [0.25, 0.3) is 0 Å². The molecule has 0 amide bonds. The monoisotopic (exact) mass is 278 g/mol. The molecule has 102 valence electrons. The van der Waals surface area contributed by atoms with E-state index in [-0.39, 0.29) is 11.2 Å². The SMILES string of the molecule is CC1(C)CC1CNS(=O)(=O)Cc1ccc(C#N)cc1. The summed E-state index contributed by atoms with van der Waals surface area (Å²) in [6.07, 6.45) is 1.08. The highest BCUT2D eigenvalue weighted by atomic mass is 32.2. The average Bonchev–Trinajstić information content (AvgIpc) is 2.95. The van der Waals surface area contributed by atoms with Gasteiger partial charge in [0.05, 0.1) is 17.4 Å². The van der Waals surface area contributed by atoms with Gasteiger partial charge in [-0.25, -0.2) is 13.1 Å². The smallest absolute Gasteiger partial charge is 0.215 e.